The number of fused-ring (bicyclic) bond motifs is 1. The molecule has 4 rings (SSSR count). The predicted molar refractivity (Wildman–Crippen MR) is 120 cm³/mol. The lowest BCUT2D eigenvalue weighted by atomic mass is 10.00. The minimum Gasteiger partial charge on any atom is -0.478 e. The van der Waals surface area contributed by atoms with E-state index in [0.717, 1.165) is 0 Å². The van der Waals surface area contributed by atoms with E-state index in [0.29, 0.717) is 22.2 Å². The number of hydrogen-bond donors (Lipinski definition) is 4. The summed E-state index contributed by atoms with van der Waals surface area (Å²) in [5.41, 5.74) is 0.709. The quantitative estimate of drug-likeness (QED) is 0.343. The fraction of sp³-hybridized carbons (Fsp3) is 0.0455. The second kappa shape index (κ2) is 7.82. The minimum atomic E-state index is -4.02. The monoisotopic (exact) mass is 451 g/mol. The molecule has 32 heavy (non-hydrogen) atoms. The molecule has 1 aromatic heterocycles. The third kappa shape index (κ3) is 3.91. The molecule has 0 atom stereocenters. The molecule has 9 nitrogen and oxygen atoms in total. The number of carboxylic acids is 1. The number of aromatic amines is 2. The normalized spacial score (nSPS) is 11.4. The number of aromatic nitrogens is 2. The van der Waals surface area contributed by atoms with Crippen LogP contribution in [0.25, 0.3) is 22.2 Å². The molecule has 0 aliphatic rings. The summed E-state index contributed by atoms with van der Waals surface area (Å²) >= 11 is 0. The van der Waals surface area contributed by atoms with Crippen molar-refractivity contribution in [3.05, 3.63) is 92.5 Å². The van der Waals surface area contributed by atoms with Crippen LogP contribution in [-0.2, 0) is 10.0 Å². The average Bonchev–Trinajstić information content (AvgIpc) is 2.74. The lowest BCUT2D eigenvalue weighted by molar-refractivity contribution is 0.0697. The Morgan fingerprint density at radius 1 is 0.906 bits per heavy atom. The van der Waals surface area contributed by atoms with E-state index >= 15 is 0 Å². The maximum Gasteiger partial charge on any atom is 0.336 e. The summed E-state index contributed by atoms with van der Waals surface area (Å²) in [5.74, 6) is -1.06. The van der Waals surface area contributed by atoms with Gasteiger partial charge in [0.1, 0.15) is 0 Å². The van der Waals surface area contributed by atoms with Crippen molar-refractivity contribution in [2.45, 2.75) is 11.8 Å². The van der Waals surface area contributed by atoms with Crippen LogP contribution in [-0.4, -0.2) is 29.5 Å². The molecule has 0 spiro atoms. The average molecular weight is 451 g/mol. The molecule has 0 amide bonds. The molecule has 3 aromatic carbocycles. The molecule has 4 N–H and O–H groups in total. The van der Waals surface area contributed by atoms with Crippen molar-refractivity contribution in [3.63, 3.8) is 0 Å². The maximum absolute atomic E-state index is 13.0. The van der Waals surface area contributed by atoms with E-state index in [-0.39, 0.29) is 21.7 Å². The molecule has 0 bridgehead atoms. The van der Waals surface area contributed by atoms with E-state index in [1.807, 2.05) is 0 Å². The SMILES string of the molecule is Cc1cc2[nH]c(=O)c(=O)[nH]c2cc1S(=O)(=O)Nc1ccc(-c2ccccc2C(=O)O)cc1. The van der Waals surface area contributed by atoms with Crippen molar-refractivity contribution < 1.29 is 18.3 Å². The van der Waals surface area contributed by atoms with Crippen molar-refractivity contribution in [2.24, 2.45) is 0 Å². The zero-order valence-corrected chi connectivity index (χ0v) is 17.5. The van der Waals surface area contributed by atoms with E-state index in [2.05, 4.69) is 14.7 Å². The molecule has 10 heteroatoms. The zero-order chi connectivity index (χ0) is 23.0. The van der Waals surface area contributed by atoms with E-state index in [1.165, 1.54) is 30.3 Å². The Morgan fingerprint density at radius 3 is 2.12 bits per heavy atom. The van der Waals surface area contributed by atoms with Crippen LogP contribution in [0.2, 0.25) is 0 Å². The predicted octanol–water partition coefficient (Wildman–Crippen LogP) is 2.69. The molecule has 1 heterocycles. The summed E-state index contributed by atoms with van der Waals surface area (Å²) in [6.07, 6.45) is 0. The molecule has 162 valence electrons. The van der Waals surface area contributed by atoms with Crippen molar-refractivity contribution in [1.29, 1.82) is 0 Å². The third-order valence-electron chi connectivity index (χ3n) is 4.91. The highest BCUT2D eigenvalue weighted by molar-refractivity contribution is 7.92. The van der Waals surface area contributed by atoms with E-state index in [1.54, 1.807) is 37.3 Å². The van der Waals surface area contributed by atoms with Gasteiger partial charge in [0.05, 0.1) is 21.5 Å². The van der Waals surface area contributed by atoms with Crippen LogP contribution in [0, 0.1) is 6.92 Å². The summed E-state index contributed by atoms with van der Waals surface area (Å²) in [7, 11) is -4.02. The van der Waals surface area contributed by atoms with Gasteiger partial charge in [-0.1, -0.05) is 30.3 Å². The van der Waals surface area contributed by atoms with Crippen LogP contribution in [0.3, 0.4) is 0 Å². The number of H-pyrrole nitrogens is 2. The van der Waals surface area contributed by atoms with E-state index < -0.39 is 27.1 Å². The Morgan fingerprint density at radius 2 is 1.50 bits per heavy atom. The van der Waals surface area contributed by atoms with Gasteiger partial charge in [-0.3, -0.25) is 14.3 Å². The number of nitrogens with one attached hydrogen (secondary N) is 3. The van der Waals surface area contributed by atoms with Crippen molar-refractivity contribution >= 4 is 32.7 Å². The highest BCUT2D eigenvalue weighted by Crippen LogP contribution is 2.27. The second-order valence-electron chi connectivity index (χ2n) is 7.11. The number of aryl methyl sites for hydroxylation is 1. The molecule has 0 radical (unpaired) electrons. The van der Waals surface area contributed by atoms with Crippen LogP contribution in [0.4, 0.5) is 5.69 Å². The zero-order valence-electron chi connectivity index (χ0n) is 16.7. The topological polar surface area (TPSA) is 149 Å². The molecular formula is C22H17N3O6S. The van der Waals surface area contributed by atoms with Gasteiger partial charge < -0.3 is 15.1 Å². The second-order valence-corrected chi connectivity index (χ2v) is 8.76. The summed E-state index contributed by atoms with van der Waals surface area (Å²) in [4.78, 5) is 39.2. The first-order chi connectivity index (χ1) is 15.2. The summed E-state index contributed by atoms with van der Waals surface area (Å²) in [6.45, 7) is 1.57. The number of sulfonamides is 1. The van der Waals surface area contributed by atoms with E-state index in [9.17, 15) is 27.9 Å². The van der Waals surface area contributed by atoms with Gasteiger partial charge in [0, 0.05) is 5.69 Å². The number of rotatable bonds is 5. The first-order valence-corrected chi connectivity index (χ1v) is 10.9. The summed E-state index contributed by atoms with van der Waals surface area (Å²) in [6, 6.07) is 15.6. The lowest BCUT2D eigenvalue weighted by Gasteiger charge is -2.12. The van der Waals surface area contributed by atoms with Gasteiger partial charge in [-0.15, -0.1) is 0 Å². The smallest absolute Gasteiger partial charge is 0.336 e. The van der Waals surface area contributed by atoms with Crippen LogP contribution in [0.5, 0.6) is 0 Å². The molecular weight excluding hydrogens is 434 g/mol. The number of anilines is 1. The highest BCUT2D eigenvalue weighted by Gasteiger charge is 2.19. The van der Waals surface area contributed by atoms with Crippen molar-refractivity contribution in [2.75, 3.05) is 4.72 Å². The summed E-state index contributed by atoms with van der Waals surface area (Å²) in [5, 5.41) is 9.36. The summed E-state index contributed by atoms with van der Waals surface area (Å²) < 4.78 is 28.4. The molecule has 0 aliphatic carbocycles. The number of benzene rings is 3. The Balaban J connectivity index is 1.68. The number of hydrogen-bond acceptors (Lipinski definition) is 5. The Kier molecular flexibility index (Phi) is 5.15. The minimum absolute atomic E-state index is 0.0620. The molecule has 0 fully saturated rings. The van der Waals surface area contributed by atoms with Gasteiger partial charge in [-0.05, 0) is 53.9 Å². The van der Waals surface area contributed by atoms with Crippen LogP contribution >= 0.6 is 0 Å². The Hall–Kier alpha value is -4.18. The van der Waals surface area contributed by atoms with Crippen molar-refractivity contribution in [1.82, 2.24) is 9.97 Å². The van der Waals surface area contributed by atoms with E-state index in [4.69, 9.17) is 0 Å². The highest BCUT2D eigenvalue weighted by atomic mass is 32.2. The van der Waals surface area contributed by atoms with Gasteiger partial charge >= 0.3 is 17.1 Å². The number of carbonyl (C=O) groups is 1. The largest absolute Gasteiger partial charge is 0.478 e. The molecule has 0 saturated heterocycles. The lowest BCUT2D eigenvalue weighted by Crippen LogP contribution is -2.29. The van der Waals surface area contributed by atoms with Gasteiger partial charge in [-0.2, -0.15) is 0 Å². The fourth-order valence-electron chi connectivity index (χ4n) is 3.39. The molecule has 4 aromatic rings. The van der Waals surface area contributed by atoms with Crippen molar-refractivity contribution in [3.8, 4) is 11.1 Å². The van der Waals surface area contributed by atoms with Crippen LogP contribution in [0.15, 0.2) is 75.1 Å². The van der Waals surface area contributed by atoms with Gasteiger partial charge in [-0.25, -0.2) is 13.2 Å². The standard InChI is InChI=1S/C22H17N3O6S/c1-12-10-17-18(24-21(27)20(26)23-17)11-19(12)32(30,31)25-14-8-6-13(7-9-14)15-4-2-3-5-16(15)22(28)29/h2-11,25H,1H3,(H,23,26)(H,24,27)(H,28,29). The fourth-order valence-corrected chi connectivity index (χ4v) is 4.70. The van der Waals surface area contributed by atoms with Gasteiger partial charge in [0.15, 0.2) is 0 Å². The van der Waals surface area contributed by atoms with Gasteiger partial charge in [0.25, 0.3) is 10.0 Å². The first kappa shape index (κ1) is 21.1. The first-order valence-electron chi connectivity index (χ1n) is 9.38. The van der Waals surface area contributed by atoms with Crippen LogP contribution < -0.4 is 15.8 Å². The maximum atomic E-state index is 13.0. The molecule has 0 saturated carbocycles. The molecule has 0 aliphatic heterocycles. The number of aromatic carboxylic acids is 1. The van der Waals surface area contributed by atoms with Gasteiger partial charge in [0.2, 0.25) is 0 Å². The number of carboxylic acid groups (broad SMARTS) is 1. The molecule has 0 unspecified atom stereocenters. The Labute approximate surface area is 181 Å². The Bertz CT molecular complexity index is 1590. The van der Waals surface area contributed by atoms with Crippen LogP contribution in [0.1, 0.15) is 15.9 Å². The third-order valence-corrected chi connectivity index (χ3v) is 6.44.